The number of amides is 1. The lowest BCUT2D eigenvalue weighted by molar-refractivity contribution is 0.0437. The van der Waals surface area contributed by atoms with E-state index in [0.29, 0.717) is 11.7 Å². The van der Waals surface area contributed by atoms with Crippen LogP contribution in [0, 0.1) is 12.8 Å². The molecular weight excluding hydrogens is 302 g/mol. The number of hydrogen-bond donors (Lipinski definition) is 0. The highest BCUT2D eigenvalue weighted by Crippen LogP contribution is 2.25. The number of aromatic nitrogens is 2. The van der Waals surface area contributed by atoms with Crippen LogP contribution in [-0.4, -0.2) is 33.4 Å². The molecule has 3 heterocycles. The van der Waals surface area contributed by atoms with Gasteiger partial charge in [-0.1, -0.05) is 30.3 Å². The maximum atomic E-state index is 12.2. The first-order chi connectivity index (χ1) is 11.7. The number of benzene rings is 1. The number of aryl methyl sites for hydroxylation is 1. The molecular formula is C19H19N3O2. The Balaban J connectivity index is 1.45. The monoisotopic (exact) mass is 321 g/mol. The van der Waals surface area contributed by atoms with Gasteiger partial charge in [-0.25, -0.2) is 4.98 Å². The van der Waals surface area contributed by atoms with Gasteiger partial charge in [-0.2, -0.15) is 0 Å². The molecule has 0 spiro atoms. The number of nitrogens with zero attached hydrogens (tertiary/aromatic N) is 3. The van der Waals surface area contributed by atoms with E-state index in [1.165, 1.54) is 6.26 Å². The van der Waals surface area contributed by atoms with Gasteiger partial charge in [0.15, 0.2) is 5.76 Å². The van der Waals surface area contributed by atoms with Gasteiger partial charge in [0, 0.05) is 43.0 Å². The molecule has 1 amide bonds. The van der Waals surface area contributed by atoms with E-state index in [0.717, 1.165) is 36.7 Å². The largest absolute Gasteiger partial charge is 0.459 e. The van der Waals surface area contributed by atoms with Crippen LogP contribution in [0.5, 0.6) is 0 Å². The summed E-state index contributed by atoms with van der Waals surface area (Å²) in [6, 6.07) is 13.7. The van der Waals surface area contributed by atoms with Crippen molar-refractivity contribution in [3.8, 4) is 11.4 Å². The Labute approximate surface area is 140 Å². The minimum atomic E-state index is -0.0260. The Bertz CT molecular complexity index is 831. The van der Waals surface area contributed by atoms with E-state index in [2.05, 4.69) is 28.6 Å². The third-order valence-electron chi connectivity index (χ3n) is 4.50. The summed E-state index contributed by atoms with van der Waals surface area (Å²) in [5.41, 5.74) is 2.26. The molecule has 0 unspecified atom stereocenters. The zero-order chi connectivity index (χ0) is 16.5. The summed E-state index contributed by atoms with van der Waals surface area (Å²) in [6.45, 7) is 4.46. The first-order valence-corrected chi connectivity index (χ1v) is 8.12. The van der Waals surface area contributed by atoms with Crippen LogP contribution in [0.15, 0.2) is 59.3 Å². The van der Waals surface area contributed by atoms with Crippen LogP contribution in [0.4, 0.5) is 0 Å². The van der Waals surface area contributed by atoms with Gasteiger partial charge in [-0.05, 0) is 19.1 Å². The third kappa shape index (κ3) is 2.62. The lowest BCUT2D eigenvalue weighted by Crippen LogP contribution is -2.51. The average Bonchev–Trinajstić information content (AvgIpc) is 3.21. The number of rotatable bonds is 4. The van der Waals surface area contributed by atoms with Crippen molar-refractivity contribution in [2.45, 2.75) is 13.5 Å². The topological polar surface area (TPSA) is 51.3 Å². The van der Waals surface area contributed by atoms with Crippen LogP contribution in [0.2, 0.25) is 0 Å². The van der Waals surface area contributed by atoms with E-state index in [4.69, 9.17) is 4.42 Å². The highest BCUT2D eigenvalue weighted by Gasteiger charge is 2.33. The minimum Gasteiger partial charge on any atom is -0.459 e. The third-order valence-corrected chi connectivity index (χ3v) is 4.50. The minimum absolute atomic E-state index is 0.0260. The molecule has 0 saturated carbocycles. The van der Waals surface area contributed by atoms with E-state index < -0.39 is 0 Å². The summed E-state index contributed by atoms with van der Waals surface area (Å²) in [5, 5.41) is 0. The predicted molar refractivity (Wildman–Crippen MR) is 90.5 cm³/mol. The molecule has 0 aliphatic carbocycles. The fraction of sp³-hybridized carbons (Fsp3) is 0.263. The molecule has 0 atom stereocenters. The molecule has 3 aromatic rings. The summed E-state index contributed by atoms with van der Waals surface area (Å²) < 4.78 is 7.43. The Kier molecular flexibility index (Phi) is 3.69. The molecule has 4 rings (SSSR count). The lowest BCUT2D eigenvalue weighted by Gasteiger charge is -2.39. The van der Waals surface area contributed by atoms with Crippen LogP contribution in [0.25, 0.3) is 11.4 Å². The van der Waals surface area contributed by atoms with E-state index in [1.807, 2.05) is 29.3 Å². The van der Waals surface area contributed by atoms with Crippen LogP contribution in [-0.2, 0) is 6.54 Å². The Morgan fingerprint density at radius 3 is 2.71 bits per heavy atom. The second-order valence-corrected chi connectivity index (χ2v) is 6.25. The predicted octanol–water partition coefficient (Wildman–Crippen LogP) is 3.22. The number of furan rings is 1. The molecule has 24 heavy (non-hydrogen) atoms. The van der Waals surface area contributed by atoms with E-state index >= 15 is 0 Å². The number of hydrogen-bond acceptors (Lipinski definition) is 3. The van der Waals surface area contributed by atoms with Gasteiger partial charge in [0.25, 0.3) is 5.91 Å². The van der Waals surface area contributed by atoms with Crippen molar-refractivity contribution in [3.05, 3.63) is 66.4 Å². The van der Waals surface area contributed by atoms with Crippen molar-refractivity contribution in [3.63, 3.8) is 0 Å². The molecule has 1 saturated heterocycles. The van der Waals surface area contributed by atoms with Crippen LogP contribution in [0.1, 0.15) is 16.2 Å². The number of carbonyl (C=O) groups excluding carboxylic acids is 1. The zero-order valence-electron chi connectivity index (χ0n) is 13.6. The highest BCUT2D eigenvalue weighted by molar-refractivity contribution is 5.91. The highest BCUT2D eigenvalue weighted by atomic mass is 16.3. The van der Waals surface area contributed by atoms with Crippen molar-refractivity contribution in [1.29, 1.82) is 0 Å². The SMILES string of the molecule is Cc1cnc(-c2ccccc2)n1CC1CN(C(=O)c2ccco2)C1. The normalized spacial score (nSPS) is 14.6. The van der Waals surface area contributed by atoms with Gasteiger partial charge in [0.1, 0.15) is 5.82 Å². The van der Waals surface area contributed by atoms with Crippen molar-refractivity contribution in [1.82, 2.24) is 14.5 Å². The fourth-order valence-electron chi connectivity index (χ4n) is 3.17. The molecule has 1 aromatic carbocycles. The van der Waals surface area contributed by atoms with E-state index in [-0.39, 0.29) is 5.91 Å². The van der Waals surface area contributed by atoms with Crippen LogP contribution in [0.3, 0.4) is 0 Å². The molecule has 1 aliphatic rings. The van der Waals surface area contributed by atoms with E-state index in [1.54, 1.807) is 12.1 Å². The van der Waals surface area contributed by atoms with Gasteiger partial charge in [0.2, 0.25) is 0 Å². The van der Waals surface area contributed by atoms with Gasteiger partial charge in [0.05, 0.1) is 6.26 Å². The average molecular weight is 321 g/mol. The molecule has 122 valence electrons. The van der Waals surface area contributed by atoms with Gasteiger partial charge in [-0.15, -0.1) is 0 Å². The van der Waals surface area contributed by atoms with Crippen molar-refractivity contribution >= 4 is 5.91 Å². The molecule has 0 N–H and O–H groups in total. The zero-order valence-corrected chi connectivity index (χ0v) is 13.6. The first-order valence-electron chi connectivity index (χ1n) is 8.12. The number of imidazole rings is 1. The molecule has 5 nitrogen and oxygen atoms in total. The summed E-state index contributed by atoms with van der Waals surface area (Å²) >= 11 is 0. The van der Waals surface area contributed by atoms with Crippen LogP contribution < -0.4 is 0 Å². The maximum absolute atomic E-state index is 12.2. The van der Waals surface area contributed by atoms with Gasteiger partial charge < -0.3 is 13.9 Å². The second-order valence-electron chi connectivity index (χ2n) is 6.25. The molecule has 0 bridgehead atoms. The van der Waals surface area contributed by atoms with Crippen LogP contribution >= 0.6 is 0 Å². The summed E-state index contributed by atoms with van der Waals surface area (Å²) in [7, 11) is 0. The molecule has 1 fully saturated rings. The van der Waals surface area contributed by atoms with Gasteiger partial charge in [-0.3, -0.25) is 4.79 Å². The van der Waals surface area contributed by atoms with Crippen molar-refractivity contribution < 1.29 is 9.21 Å². The summed E-state index contributed by atoms with van der Waals surface area (Å²) in [6.07, 6.45) is 3.44. The fourth-order valence-corrected chi connectivity index (χ4v) is 3.17. The van der Waals surface area contributed by atoms with Gasteiger partial charge >= 0.3 is 0 Å². The smallest absolute Gasteiger partial charge is 0.289 e. The first kappa shape index (κ1) is 14.8. The molecule has 2 aromatic heterocycles. The second kappa shape index (κ2) is 6.00. The molecule has 5 heteroatoms. The Hall–Kier alpha value is -2.82. The van der Waals surface area contributed by atoms with Crippen molar-refractivity contribution in [2.75, 3.05) is 13.1 Å². The van der Waals surface area contributed by atoms with Crippen molar-refractivity contribution in [2.24, 2.45) is 5.92 Å². The number of carbonyl (C=O) groups is 1. The number of likely N-dealkylation sites (tertiary alicyclic amines) is 1. The Morgan fingerprint density at radius 1 is 1.21 bits per heavy atom. The molecule has 1 aliphatic heterocycles. The summed E-state index contributed by atoms with van der Waals surface area (Å²) in [5.74, 6) is 1.82. The quantitative estimate of drug-likeness (QED) is 0.741. The lowest BCUT2D eigenvalue weighted by atomic mass is 9.99. The standard InChI is InChI=1S/C19H19N3O2/c1-14-10-20-18(16-6-3-2-4-7-16)22(14)13-15-11-21(12-15)19(23)17-8-5-9-24-17/h2-10,15H,11-13H2,1H3. The van der Waals surface area contributed by atoms with E-state index in [9.17, 15) is 4.79 Å². The maximum Gasteiger partial charge on any atom is 0.289 e. The summed E-state index contributed by atoms with van der Waals surface area (Å²) in [4.78, 5) is 18.6. The molecule has 0 radical (unpaired) electrons. The Morgan fingerprint density at radius 2 is 2.00 bits per heavy atom.